The van der Waals surface area contributed by atoms with E-state index in [9.17, 15) is 8.42 Å². The minimum absolute atomic E-state index is 0.0241. The first-order valence-electron chi connectivity index (χ1n) is 7.25. The summed E-state index contributed by atoms with van der Waals surface area (Å²) in [6, 6.07) is 18.8. The van der Waals surface area contributed by atoms with E-state index in [0.29, 0.717) is 6.42 Å². The van der Waals surface area contributed by atoms with Crippen LogP contribution in [0.5, 0.6) is 0 Å². The molecule has 0 aromatic heterocycles. The van der Waals surface area contributed by atoms with Gasteiger partial charge in [0.05, 0.1) is 17.5 Å². The van der Waals surface area contributed by atoms with Crippen LogP contribution in [0.4, 0.5) is 0 Å². The van der Waals surface area contributed by atoms with Crippen molar-refractivity contribution in [1.29, 1.82) is 0 Å². The SMILES string of the molecule is CC1CC(c2ccccc2)=NN1S(=O)(=O)Cc1ccccc1. The van der Waals surface area contributed by atoms with Crippen molar-refractivity contribution < 1.29 is 8.42 Å². The molecule has 1 aliphatic heterocycles. The van der Waals surface area contributed by atoms with Crippen molar-refractivity contribution in [1.82, 2.24) is 4.41 Å². The van der Waals surface area contributed by atoms with Crippen LogP contribution in [-0.4, -0.2) is 24.6 Å². The molecule has 0 fully saturated rings. The van der Waals surface area contributed by atoms with Gasteiger partial charge in [0.25, 0.3) is 10.0 Å². The third-order valence-corrected chi connectivity index (χ3v) is 5.38. The number of sulfonamides is 1. The molecule has 22 heavy (non-hydrogen) atoms. The Hall–Kier alpha value is -2.14. The Balaban J connectivity index is 1.86. The molecule has 114 valence electrons. The number of hydrogen-bond donors (Lipinski definition) is 0. The van der Waals surface area contributed by atoms with Crippen LogP contribution in [0.3, 0.4) is 0 Å². The van der Waals surface area contributed by atoms with Gasteiger partial charge in [-0.25, -0.2) is 8.42 Å². The molecular weight excluding hydrogens is 296 g/mol. The van der Waals surface area contributed by atoms with E-state index in [2.05, 4.69) is 5.10 Å². The zero-order valence-corrected chi connectivity index (χ0v) is 13.2. The molecule has 1 aliphatic rings. The second-order valence-corrected chi connectivity index (χ2v) is 7.31. The highest BCUT2D eigenvalue weighted by atomic mass is 32.2. The molecule has 0 saturated heterocycles. The summed E-state index contributed by atoms with van der Waals surface area (Å²) in [4.78, 5) is 0. The second kappa shape index (κ2) is 5.93. The lowest BCUT2D eigenvalue weighted by molar-refractivity contribution is 0.383. The van der Waals surface area contributed by atoms with Gasteiger partial charge in [-0.3, -0.25) is 0 Å². The van der Waals surface area contributed by atoms with E-state index in [-0.39, 0.29) is 11.8 Å². The largest absolute Gasteiger partial charge is 0.254 e. The molecule has 0 bridgehead atoms. The third kappa shape index (κ3) is 3.04. The molecule has 2 aromatic carbocycles. The number of hydrazone groups is 1. The van der Waals surface area contributed by atoms with Gasteiger partial charge in [-0.15, -0.1) is 0 Å². The zero-order valence-electron chi connectivity index (χ0n) is 12.4. The summed E-state index contributed by atoms with van der Waals surface area (Å²) < 4.78 is 26.5. The van der Waals surface area contributed by atoms with Crippen LogP contribution in [-0.2, 0) is 15.8 Å². The van der Waals surface area contributed by atoms with E-state index >= 15 is 0 Å². The van der Waals surface area contributed by atoms with E-state index in [1.54, 1.807) is 0 Å². The summed E-state index contributed by atoms with van der Waals surface area (Å²) in [5.41, 5.74) is 2.58. The van der Waals surface area contributed by atoms with Crippen molar-refractivity contribution in [3.05, 3.63) is 71.8 Å². The minimum Gasteiger partial charge on any atom is -0.205 e. The predicted octanol–water partition coefficient (Wildman–Crippen LogP) is 3.01. The summed E-state index contributed by atoms with van der Waals surface area (Å²) >= 11 is 0. The van der Waals surface area contributed by atoms with E-state index < -0.39 is 10.0 Å². The average Bonchev–Trinajstić information content (AvgIpc) is 2.92. The highest BCUT2D eigenvalue weighted by Gasteiger charge is 2.32. The molecular formula is C17H18N2O2S. The van der Waals surface area contributed by atoms with Crippen LogP contribution in [0.1, 0.15) is 24.5 Å². The fourth-order valence-corrected chi connectivity index (χ4v) is 4.20. The van der Waals surface area contributed by atoms with Crippen molar-refractivity contribution in [2.75, 3.05) is 0 Å². The Morgan fingerprint density at radius 2 is 1.64 bits per heavy atom. The molecule has 0 saturated carbocycles. The van der Waals surface area contributed by atoms with Crippen LogP contribution in [0.15, 0.2) is 65.8 Å². The summed E-state index contributed by atoms with van der Waals surface area (Å²) in [5.74, 6) is -0.0241. The Morgan fingerprint density at radius 1 is 1.05 bits per heavy atom. The molecule has 0 N–H and O–H groups in total. The van der Waals surface area contributed by atoms with Crippen molar-refractivity contribution in [3.8, 4) is 0 Å². The van der Waals surface area contributed by atoms with Crippen molar-refractivity contribution >= 4 is 15.7 Å². The highest BCUT2D eigenvalue weighted by Crippen LogP contribution is 2.24. The number of nitrogens with zero attached hydrogens (tertiary/aromatic N) is 2. The molecule has 4 nitrogen and oxygen atoms in total. The monoisotopic (exact) mass is 314 g/mol. The van der Waals surface area contributed by atoms with Gasteiger partial charge in [0.1, 0.15) is 0 Å². The van der Waals surface area contributed by atoms with E-state index in [0.717, 1.165) is 16.8 Å². The number of rotatable bonds is 4. The van der Waals surface area contributed by atoms with E-state index in [4.69, 9.17) is 0 Å². The van der Waals surface area contributed by atoms with E-state index in [1.807, 2.05) is 67.6 Å². The molecule has 1 unspecified atom stereocenters. The number of benzene rings is 2. The standard InChI is InChI=1S/C17H18N2O2S/c1-14-12-17(16-10-6-3-7-11-16)18-19(14)22(20,21)13-15-8-4-2-5-9-15/h2-11,14H,12-13H2,1H3. The lowest BCUT2D eigenvalue weighted by atomic mass is 10.1. The summed E-state index contributed by atoms with van der Waals surface area (Å²) in [7, 11) is -3.46. The summed E-state index contributed by atoms with van der Waals surface area (Å²) in [5, 5.41) is 4.37. The maximum absolute atomic E-state index is 12.6. The zero-order chi connectivity index (χ0) is 15.6. The molecule has 3 rings (SSSR count). The maximum atomic E-state index is 12.6. The van der Waals surface area contributed by atoms with Gasteiger partial charge in [-0.05, 0) is 18.1 Å². The molecule has 0 radical (unpaired) electrons. The smallest absolute Gasteiger partial charge is 0.205 e. The first-order chi connectivity index (χ1) is 10.6. The third-order valence-electron chi connectivity index (χ3n) is 3.67. The Labute approximate surface area is 131 Å². The van der Waals surface area contributed by atoms with Crippen molar-refractivity contribution in [2.24, 2.45) is 5.10 Å². The van der Waals surface area contributed by atoms with E-state index in [1.165, 1.54) is 4.41 Å². The van der Waals surface area contributed by atoms with Crippen LogP contribution in [0, 0.1) is 0 Å². The second-order valence-electron chi connectivity index (χ2n) is 5.48. The van der Waals surface area contributed by atoms with Crippen LogP contribution in [0.25, 0.3) is 0 Å². The Kier molecular flexibility index (Phi) is 3.98. The first-order valence-corrected chi connectivity index (χ1v) is 8.86. The van der Waals surface area contributed by atoms with Crippen LogP contribution >= 0.6 is 0 Å². The van der Waals surface area contributed by atoms with Gasteiger partial charge in [0.15, 0.2) is 0 Å². The van der Waals surface area contributed by atoms with Gasteiger partial charge in [-0.1, -0.05) is 60.7 Å². The summed E-state index contributed by atoms with van der Waals surface area (Å²) in [6.45, 7) is 1.89. The van der Waals surface area contributed by atoms with Crippen molar-refractivity contribution in [3.63, 3.8) is 0 Å². The lowest BCUT2D eigenvalue weighted by Gasteiger charge is -2.19. The highest BCUT2D eigenvalue weighted by molar-refractivity contribution is 7.88. The lowest BCUT2D eigenvalue weighted by Crippen LogP contribution is -2.31. The quantitative estimate of drug-likeness (QED) is 0.871. The average molecular weight is 314 g/mol. The number of hydrogen-bond acceptors (Lipinski definition) is 3. The molecule has 1 heterocycles. The molecule has 0 aliphatic carbocycles. The van der Waals surface area contributed by atoms with Crippen molar-refractivity contribution in [2.45, 2.75) is 25.1 Å². The van der Waals surface area contributed by atoms with Gasteiger partial charge in [0, 0.05) is 6.42 Å². The first kappa shape index (κ1) is 14.8. The Morgan fingerprint density at radius 3 is 2.27 bits per heavy atom. The van der Waals surface area contributed by atoms with Gasteiger partial charge in [0.2, 0.25) is 0 Å². The van der Waals surface area contributed by atoms with Crippen LogP contribution < -0.4 is 0 Å². The topological polar surface area (TPSA) is 49.7 Å². The fourth-order valence-electron chi connectivity index (χ4n) is 2.61. The molecule has 5 heteroatoms. The predicted molar refractivity (Wildman–Crippen MR) is 88.0 cm³/mol. The molecule has 0 amide bonds. The van der Waals surface area contributed by atoms with Gasteiger partial charge in [-0.2, -0.15) is 9.52 Å². The van der Waals surface area contributed by atoms with Gasteiger partial charge >= 0.3 is 0 Å². The fraction of sp³-hybridized carbons (Fsp3) is 0.235. The normalized spacial score (nSPS) is 18.3. The molecule has 0 spiro atoms. The maximum Gasteiger partial charge on any atom is 0.254 e. The van der Waals surface area contributed by atoms with Crippen LogP contribution in [0.2, 0.25) is 0 Å². The molecule has 1 atom stereocenters. The molecule has 2 aromatic rings. The van der Waals surface area contributed by atoms with Gasteiger partial charge < -0.3 is 0 Å². The minimum atomic E-state index is -3.46. The Bertz CT molecular complexity index is 771. The summed E-state index contributed by atoms with van der Waals surface area (Å²) in [6.07, 6.45) is 0.637.